The van der Waals surface area contributed by atoms with Crippen LogP contribution in [0.25, 0.3) is 0 Å². The van der Waals surface area contributed by atoms with E-state index in [9.17, 15) is 0 Å². The summed E-state index contributed by atoms with van der Waals surface area (Å²) in [4.78, 5) is 4.11. The van der Waals surface area contributed by atoms with E-state index < -0.39 is 0 Å². The summed E-state index contributed by atoms with van der Waals surface area (Å²) in [7, 11) is 0. The van der Waals surface area contributed by atoms with Crippen LogP contribution in [0.15, 0.2) is 23.2 Å². The molecule has 1 aromatic carbocycles. The van der Waals surface area contributed by atoms with Gasteiger partial charge in [-0.1, -0.05) is 29.3 Å². The Morgan fingerprint density at radius 3 is 2.88 bits per heavy atom. The third-order valence-electron chi connectivity index (χ3n) is 2.43. The molecule has 1 aliphatic rings. The summed E-state index contributed by atoms with van der Waals surface area (Å²) in [5.41, 5.74) is 6.49. The molecule has 0 saturated heterocycles. The molecule has 0 unspecified atom stereocenters. The predicted octanol–water partition coefficient (Wildman–Crippen LogP) is 1.80. The molecule has 92 valence electrons. The smallest absolute Gasteiger partial charge is 0.282 e. The van der Waals surface area contributed by atoms with Crippen LogP contribution in [0.3, 0.4) is 0 Å². The summed E-state index contributed by atoms with van der Waals surface area (Å²) in [5.74, 6) is 0. The lowest BCUT2D eigenvalue weighted by molar-refractivity contribution is 0.309. The number of hydrogen-bond donors (Lipinski definition) is 2. The van der Waals surface area contributed by atoms with Crippen LogP contribution < -0.4 is 11.1 Å². The second-order valence-corrected chi connectivity index (χ2v) is 4.63. The zero-order valence-corrected chi connectivity index (χ0v) is 10.6. The minimum atomic E-state index is 0.0952. The Bertz CT molecular complexity index is 437. The van der Waals surface area contributed by atoms with Gasteiger partial charge < -0.3 is 15.8 Å². The van der Waals surface area contributed by atoms with E-state index in [0.717, 1.165) is 12.1 Å². The van der Waals surface area contributed by atoms with E-state index in [4.69, 9.17) is 33.7 Å². The van der Waals surface area contributed by atoms with Crippen molar-refractivity contribution >= 4 is 29.2 Å². The van der Waals surface area contributed by atoms with Gasteiger partial charge in [0.1, 0.15) is 12.6 Å². The number of nitrogens with two attached hydrogens (primary N) is 1. The van der Waals surface area contributed by atoms with E-state index in [1.165, 1.54) is 0 Å². The summed E-state index contributed by atoms with van der Waals surface area (Å²) < 4.78 is 5.05. The van der Waals surface area contributed by atoms with Gasteiger partial charge in [0.2, 0.25) is 0 Å². The van der Waals surface area contributed by atoms with Gasteiger partial charge in [-0.25, -0.2) is 4.99 Å². The molecular formula is C11H13Cl2N3O. The van der Waals surface area contributed by atoms with E-state index in [1.54, 1.807) is 6.07 Å². The quantitative estimate of drug-likeness (QED) is 0.880. The fourth-order valence-electron chi connectivity index (χ4n) is 1.57. The molecule has 0 saturated carbocycles. The van der Waals surface area contributed by atoms with E-state index in [2.05, 4.69) is 10.3 Å². The van der Waals surface area contributed by atoms with Crippen molar-refractivity contribution in [1.82, 2.24) is 5.32 Å². The zero-order chi connectivity index (χ0) is 12.3. The first kappa shape index (κ1) is 12.5. The molecule has 0 bridgehead atoms. The Balaban J connectivity index is 1.80. The number of nitrogens with one attached hydrogen (secondary N) is 1. The van der Waals surface area contributed by atoms with Crippen LogP contribution in [0, 0.1) is 0 Å². The molecule has 0 spiro atoms. The van der Waals surface area contributed by atoms with Crippen LogP contribution in [-0.4, -0.2) is 25.2 Å². The highest BCUT2D eigenvalue weighted by molar-refractivity contribution is 6.42. The second-order valence-electron chi connectivity index (χ2n) is 3.81. The van der Waals surface area contributed by atoms with Crippen molar-refractivity contribution in [3.63, 3.8) is 0 Å². The normalized spacial score (nSPS) is 18.9. The van der Waals surface area contributed by atoms with Crippen molar-refractivity contribution < 1.29 is 4.74 Å². The minimum Gasteiger partial charge on any atom is -0.463 e. The Morgan fingerprint density at radius 1 is 1.41 bits per heavy atom. The number of amidine groups is 1. The number of nitrogens with zero attached hydrogens (tertiary/aromatic N) is 1. The topological polar surface area (TPSA) is 59.6 Å². The van der Waals surface area contributed by atoms with E-state index in [0.29, 0.717) is 23.2 Å². The van der Waals surface area contributed by atoms with Crippen molar-refractivity contribution in [2.75, 3.05) is 13.2 Å². The fourth-order valence-corrected chi connectivity index (χ4v) is 1.89. The molecule has 2 rings (SSSR count). The Morgan fingerprint density at radius 2 is 2.24 bits per heavy atom. The number of hydrogen-bond acceptors (Lipinski definition) is 4. The number of ether oxygens (including phenoxy) is 1. The van der Waals surface area contributed by atoms with Crippen molar-refractivity contribution in [2.24, 2.45) is 10.7 Å². The summed E-state index contributed by atoms with van der Waals surface area (Å²) in [6, 6.07) is 5.93. The molecule has 4 nitrogen and oxygen atoms in total. The van der Waals surface area contributed by atoms with Crippen LogP contribution in [-0.2, 0) is 11.3 Å². The lowest BCUT2D eigenvalue weighted by Gasteiger charge is -2.08. The first-order chi connectivity index (χ1) is 8.15. The molecule has 3 N–H and O–H groups in total. The van der Waals surface area contributed by atoms with Crippen LogP contribution in [0.2, 0.25) is 10.0 Å². The van der Waals surface area contributed by atoms with Crippen molar-refractivity contribution in [2.45, 2.75) is 12.6 Å². The van der Waals surface area contributed by atoms with Gasteiger partial charge >= 0.3 is 0 Å². The zero-order valence-electron chi connectivity index (χ0n) is 9.12. The number of aliphatic imine (C=N–C) groups is 1. The highest BCUT2D eigenvalue weighted by atomic mass is 35.5. The van der Waals surface area contributed by atoms with Crippen molar-refractivity contribution in [1.29, 1.82) is 0 Å². The van der Waals surface area contributed by atoms with Gasteiger partial charge in [-0.15, -0.1) is 0 Å². The van der Waals surface area contributed by atoms with E-state index in [1.807, 2.05) is 12.1 Å². The third kappa shape index (κ3) is 3.49. The summed E-state index contributed by atoms with van der Waals surface area (Å²) in [5, 5.41) is 4.40. The SMILES string of the molecule is NC1=N[C@@H](CNCc2ccc(Cl)c(Cl)c2)CO1. The highest BCUT2D eigenvalue weighted by Gasteiger charge is 2.15. The van der Waals surface area contributed by atoms with Gasteiger partial charge in [-0.05, 0) is 17.7 Å². The monoisotopic (exact) mass is 273 g/mol. The molecule has 1 aliphatic heterocycles. The van der Waals surface area contributed by atoms with Crippen LogP contribution in [0.1, 0.15) is 5.56 Å². The fraction of sp³-hybridized carbons (Fsp3) is 0.364. The lowest BCUT2D eigenvalue weighted by atomic mass is 10.2. The maximum Gasteiger partial charge on any atom is 0.282 e. The molecule has 0 aromatic heterocycles. The standard InChI is InChI=1S/C11H13Cl2N3O/c12-9-2-1-7(3-10(9)13)4-15-5-8-6-17-11(14)16-8/h1-3,8,15H,4-6H2,(H2,14,16)/t8-/m0/s1. The summed E-state index contributed by atoms with van der Waals surface area (Å²) in [6.45, 7) is 1.98. The molecule has 0 radical (unpaired) electrons. The van der Waals surface area contributed by atoms with Gasteiger partial charge in [0.15, 0.2) is 0 Å². The van der Waals surface area contributed by atoms with Gasteiger partial charge in [-0.2, -0.15) is 0 Å². The molecule has 1 heterocycles. The van der Waals surface area contributed by atoms with Crippen molar-refractivity contribution in [3.05, 3.63) is 33.8 Å². The van der Waals surface area contributed by atoms with E-state index >= 15 is 0 Å². The molecular weight excluding hydrogens is 261 g/mol. The Labute approximate surface area is 110 Å². The predicted molar refractivity (Wildman–Crippen MR) is 69.5 cm³/mol. The van der Waals surface area contributed by atoms with Crippen LogP contribution in [0.4, 0.5) is 0 Å². The lowest BCUT2D eigenvalue weighted by Crippen LogP contribution is -2.26. The molecule has 0 fully saturated rings. The summed E-state index contributed by atoms with van der Waals surface area (Å²) >= 11 is 11.8. The third-order valence-corrected chi connectivity index (χ3v) is 3.17. The first-order valence-electron chi connectivity index (χ1n) is 5.26. The summed E-state index contributed by atoms with van der Waals surface area (Å²) in [6.07, 6.45) is 0. The molecule has 6 heteroatoms. The van der Waals surface area contributed by atoms with Gasteiger partial charge in [0.05, 0.1) is 10.0 Å². The number of benzene rings is 1. The van der Waals surface area contributed by atoms with Crippen molar-refractivity contribution in [3.8, 4) is 0 Å². The molecule has 17 heavy (non-hydrogen) atoms. The van der Waals surface area contributed by atoms with Crippen LogP contribution >= 0.6 is 23.2 Å². The average Bonchev–Trinajstić information content (AvgIpc) is 2.70. The van der Waals surface area contributed by atoms with Crippen LogP contribution in [0.5, 0.6) is 0 Å². The maximum atomic E-state index is 5.92. The van der Waals surface area contributed by atoms with Gasteiger partial charge in [0, 0.05) is 13.1 Å². The molecule has 0 amide bonds. The molecule has 1 aromatic rings. The number of halogens is 2. The Kier molecular flexibility index (Phi) is 4.10. The second kappa shape index (κ2) is 5.58. The highest BCUT2D eigenvalue weighted by Crippen LogP contribution is 2.22. The average molecular weight is 274 g/mol. The molecule has 1 atom stereocenters. The van der Waals surface area contributed by atoms with Gasteiger partial charge in [-0.3, -0.25) is 0 Å². The Hall–Kier alpha value is -0.970. The number of rotatable bonds is 4. The minimum absolute atomic E-state index is 0.0952. The first-order valence-corrected chi connectivity index (χ1v) is 6.01. The molecule has 0 aliphatic carbocycles. The largest absolute Gasteiger partial charge is 0.463 e. The van der Waals surface area contributed by atoms with Gasteiger partial charge in [0.25, 0.3) is 6.02 Å². The maximum absolute atomic E-state index is 5.92. The van der Waals surface area contributed by atoms with E-state index in [-0.39, 0.29) is 12.1 Å².